The van der Waals surface area contributed by atoms with Crippen molar-refractivity contribution in [2.45, 2.75) is 20.0 Å². The van der Waals surface area contributed by atoms with Gasteiger partial charge in [0.05, 0.1) is 0 Å². The molecule has 0 aromatic heterocycles. The lowest BCUT2D eigenvalue weighted by Crippen LogP contribution is -2.04. The molecule has 0 aliphatic heterocycles. The van der Waals surface area contributed by atoms with E-state index < -0.39 is 6.67 Å². The quantitative estimate of drug-likeness (QED) is 0.731. The fraction of sp³-hybridized carbons (Fsp3) is 0.400. The van der Waals surface area contributed by atoms with Crippen molar-refractivity contribution in [3.63, 3.8) is 0 Å². The Morgan fingerprint density at radius 1 is 1.42 bits per heavy atom. The van der Waals surface area contributed by atoms with Crippen LogP contribution in [-0.2, 0) is 13.1 Å². The van der Waals surface area contributed by atoms with E-state index in [0.29, 0.717) is 6.54 Å². The lowest BCUT2D eigenvalue weighted by Gasteiger charge is -2.05. The summed E-state index contributed by atoms with van der Waals surface area (Å²) < 4.78 is 12.2. The summed E-state index contributed by atoms with van der Waals surface area (Å²) in [6.45, 7) is 2.25. The van der Waals surface area contributed by atoms with Crippen LogP contribution in [0.1, 0.15) is 16.7 Å². The van der Waals surface area contributed by atoms with Crippen LogP contribution >= 0.6 is 0 Å². The highest BCUT2D eigenvalue weighted by Gasteiger charge is 1.98. The molecule has 0 aliphatic rings. The highest BCUT2D eigenvalue weighted by molar-refractivity contribution is 5.31. The first-order valence-electron chi connectivity index (χ1n) is 4.12. The Labute approximate surface area is 72.4 Å². The number of alkyl halides is 1. The summed E-state index contributed by atoms with van der Waals surface area (Å²) in [5.41, 5.74) is 8.52. The molecule has 0 heterocycles. The standard InChI is InChI=1S/C10H14FN/c1-8-2-3-9(7-11)6-10(8)4-5-12/h2-3,6H,4-5,7,12H2,1H3. The molecule has 12 heavy (non-hydrogen) atoms. The zero-order valence-electron chi connectivity index (χ0n) is 7.31. The Bertz CT molecular complexity index is 258. The number of nitrogens with two attached hydrogens (primary N) is 1. The smallest absolute Gasteiger partial charge is 0.115 e. The van der Waals surface area contributed by atoms with Gasteiger partial charge in [-0.15, -0.1) is 0 Å². The minimum Gasteiger partial charge on any atom is -0.330 e. The van der Waals surface area contributed by atoms with Crippen LogP contribution < -0.4 is 5.73 Å². The van der Waals surface area contributed by atoms with Gasteiger partial charge in [-0.05, 0) is 36.6 Å². The summed E-state index contributed by atoms with van der Waals surface area (Å²) in [6, 6.07) is 5.65. The summed E-state index contributed by atoms with van der Waals surface area (Å²) in [7, 11) is 0. The van der Waals surface area contributed by atoms with Crippen molar-refractivity contribution in [3.8, 4) is 0 Å². The number of hydrogen-bond acceptors (Lipinski definition) is 1. The number of hydrogen-bond donors (Lipinski definition) is 1. The molecule has 0 fully saturated rings. The van der Waals surface area contributed by atoms with Crippen molar-refractivity contribution in [2.24, 2.45) is 5.73 Å². The van der Waals surface area contributed by atoms with Crippen LogP contribution in [0, 0.1) is 6.92 Å². The van der Waals surface area contributed by atoms with Gasteiger partial charge in [-0.1, -0.05) is 18.2 Å². The zero-order chi connectivity index (χ0) is 8.97. The second kappa shape index (κ2) is 4.21. The van der Waals surface area contributed by atoms with Crippen LogP contribution in [0.5, 0.6) is 0 Å². The fourth-order valence-electron chi connectivity index (χ4n) is 1.23. The third-order valence-electron chi connectivity index (χ3n) is 1.98. The van der Waals surface area contributed by atoms with E-state index in [9.17, 15) is 4.39 Å². The van der Waals surface area contributed by atoms with Crippen LogP contribution in [0.4, 0.5) is 4.39 Å². The molecule has 0 saturated carbocycles. The van der Waals surface area contributed by atoms with Crippen LogP contribution in [0.25, 0.3) is 0 Å². The molecule has 2 heteroatoms. The average molecular weight is 167 g/mol. The number of aryl methyl sites for hydroxylation is 1. The van der Waals surface area contributed by atoms with E-state index in [1.165, 1.54) is 5.56 Å². The molecule has 0 saturated heterocycles. The van der Waals surface area contributed by atoms with Crippen LogP contribution in [0.15, 0.2) is 18.2 Å². The maximum Gasteiger partial charge on any atom is 0.115 e. The van der Waals surface area contributed by atoms with Gasteiger partial charge in [0.25, 0.3) is 0 Å². The Morgan fingerprint density at radius 3 is 2.75 bits per heavy atom. The van der Waals surface area contributed by atoms with Gasteiger partial charge in [-0.3, -0.25) is 0 Å². The van der Waals surface area contributed by atoms with Crippen molar-refractivity contribution < 1.29 is 4.39 Å². The highest BCUT2D eigenvalue weighted by atomic mass is 19.1. The summed E-state index contributed by atoms with van der Waals surface area (Å²) in [5.74, 6) is 0. The monoisotopic (exact) mass is 167 g/mol. The predicted molar refractivity (Wildman–Crippen MR) is 48.7 cm³/mol. The van der Waals surface area contributed by atoms with E-state index in [0.717, 1.165) is 17.5 Å². The molecular weight excluding hydrogens is 153 g/mol. The summed E-state index contributed by atoms with van der Waals surface area (Å²) >= 11 is 0. The lowest BCUT2D eigenvalue weighted by molar-refractivity contribution is 0.485. The Hall–Kier alpha value is -0.890. The van der Waals surface area contributed by atoms with Crippen LogP contribution in [-0.4, -0.2) is 6.54 Å². The zero-order valence-corrected chi connectivity index (χ0v) is 7.31. The van der Waals surface area contributed by atoms with Gasteiger partial charge in [0.1, 0.15) is 6.67 Å². The number of halogens is 1. The number of rotatable bonds is 3. The van der Waals surface area contributed by atoms with Crippen molar-refractivity contribution in [1.82, 2.24) is 0 Å². The molecule has 1 nitrogen and oxygen atoms in total. The van der Waals surface area contributed by atoms with Gasteiger partial charge >= 0.3 is 0 Å². The third kappa shape index (κ3) is 2.05. The molecule has 0 unspecified atom stereocenters. The van der Waals surface area contributed by atoms with Crippen molar-refractivity contribution in [2.75, 3.05) is 6.54 Å². The Kier molecular flexibility index (Phi) is 3.23. The molecule has 1 aromatic rings. The minimum atomic E-state index is -0.391. The summed E-state index contributed by atoms with van der Waals surface area (Å²) in [4.78, 5) is 0. The molecule has 1 rings (SSSR count). The van der Waals surface area contributed by atoms with Gasteiger partial charge < -0.3 is 5.73 Å². The van der Waals surface area contributed by atoms with E-state index in [2.05, 4.69) is 0 Å². The lowest BCUT2D eigenvalue weighted by atomic mass is 10.0. The fourth-order valence-corrected chi connectivity index (χ4v) is 1.23. The number of benzene rings is 1. The first-order valence-corrected chi connectivity index (χ1v) is 4.12. The molecule has 0 spiro atoms. The average Bonchev–Trinajstić information content (AvgIpc) is 2.09. The van der Waals surface area contributed by atoms with E-state index >= 15 is 0 Å². The summed E-state index contributed by atoms with van der Waals surface area (Å²) in [5, 5.41) is 0. The largest absolute Gasteiger partial charge is 0.330 e. The molecule has 0 aliphatic carbocycles. The Morgan fingerprint density at radius 2 is 2.17 bits per heavy atom. The van der Waals surface area contributed by atoms with E-state index in [-0.39, 0.29) is 0 Å². The maximum absolute atomic E-state index is 12.2. The molecule has 66 valence electrons. The van der Waals surface area contributed by atoms with Gasteiger partial charge in [0.2, 0.25) is 0 Å². The molecular formula is C10H14FN. The maximum atomic E-state index is 12.2. The summed E-state index contributed by atoms with van der Waals surface area (Å²) in [6.07, 6.45) is 0.833. The minimum absolute atomic E-state index is 0.391. The van der Waals surface area contributed by atoms with E-state index in [1.807, 2.05) is 25.1 Å². The predicted octanol–water partition coefficient (Wildman–Crippen LogP) is 1.97. The van der Waals surface area contributed by atoms with Gasteiger partial charge in [0, 0.05) is 0 Å². The first-order chi connectivity index (χ1) is 5.77. The SMILES string of the molecule is Cc1ccc(CF)cc1CCN. The van der Waals surface area contributed by atoms with E-state index in [4.69, 9.17) is 5.73 Å². The van der Waals surface area contributed by atoms with E-state index in [1.54, 1.807) is 0 Å². The van der Waals surface area contributed by atoms with Crippen LogP contribution in [0.2, 0.25) is 0 Å². The molecule has 1 aromatic carbocycles. The van der Waals surface area contributed by atoms with Crippen molar-refractivity contribution >= 4 is 0 Å². The molecule has 2 N–H and O–H groups in total. The topological polar surface area (TPSA) is 26.0 Å². The Balaban J connectivity index is 2.91. The molecule has 0 radical (unpaired) electrons. The second-order valence-corrected chi connectivity index (χ2v) is 2.93. The van der Waals surface area contributed by atoms with Crippen molar-refractivity contribution in [3.05, 3.63) is 34.9 Å². The van der Waals surface area contributed by atoms with Crippen molar-refractivity contribution in [1.29, 1.82) is 0 Å². The molecule has 0 amide bonds. The highest BCUT2D eigenvalue weighted by Crippen LogP contribution is 2.12. The van der Waals surface area contributed by atoms with Gasteiger partial charge in [-0.25, -0.2) is 4.39 Å². The normalized spacial score (nSPS) is 10.2. The van der Waals surface area contributed by atoms with Gasteiger partial charge in [0.15, 0.2) is 0 Å². The first kappa shape index (κ1) is 9.20. The molecule has 0 bridgehead atoms. The third-order valence-corrected chi connectivity index (χ3v) is 1.98. The van der Waals surface area contributed by atoms with Crippen LogP contribution in [0.3, 0.4) is 0 Å². The molecule has 0 atom stereocenters. The van der Waals surface area contributed by atoms with Gasteiger partial charge in [-0.2, -0.15) is 0 Å². The second-order valence-electron chi connectivity index (χ2n) is 2.93.